The standard InChI is InChI=1S/C29H46O6/c1-3-5-7-9-11-13-15-17-19-22-21-24(27(30)31)26(29(34)35)25(28(32)33)23(22)20-18-16-14-12-10-8-6-4-2/h21H,3-20H2,1-2H3,(H,30,31)(H,32,33)(H,34,35). The van der Waals surface area contributed by atoms with Crippen molar-refractivity contribution < 1.29 is 29.7 Å². The maximum Gasteiger partial charge on any atom is 0.337 e. The molecule has 0 spiro atoms. The third-order valence-electron chi connectivity index (χ3n) is 6.77. The summed E-state index contributed by atoms with van der Waals surface area (Å²) in [7, 11) is 0. The lowest BCUT2D eigenvalue weighted by atomic mass is 9.86. The SMILES string of the molecule is CCCCCCCCCCc1cc(C(=O)O)c(C(=O)O)c(C(=O)O)c1CCCCCCCCCC. The Bertz CT molecular complexity index is 799. The van der Waals surface area contributed by atoms with Crippen molar-refractivity contribution in [1.82, 2.24) is 0 Å². The molecule has 0 aromatic heterocycles. The first kappa shape index (κ1) is 30.7. The summed E-state index contributed by atoms with van der Waals surface area (Å²) in [5, 5.41) is 29.2. The second-order valence-electron chi connectivity index (χ2n) is 9.68. The van der Waals surface area contributed by atoms with Crippen molar-refractivity contribution >= 4 is 17.9 Å². The minimum atomic E-state index is -1.50. The van der Waals surface area contributed by atoms with E-state index in [2.05, 4.69) is 13.8 Å². The fourth-order valence-corrected chi connectivity index (χ4v) is 4.80. The number of hydrogen-bond acceptors (Lipinski definition) is 3. The fourth-order valence-electron chi connectivity index (χ4n) is 4.80. The van der Waals surface area contributed by atoms with Crippen molar-refractivity contribution in [3.05, 3.63) is 33.9 Å². The monoisotopic (exact) mass is 490 g/mol. The number of aromatic carboxylic acids is 3. The van der Waals surface area contributed by atoms with Crippen LogP contribution in [0, 0.1) is 0 Å². The Balaban J connectivity index is 2.97. The van der Waals surface area contributed by atoms with Crippen LogP contribution in [-0.4, -0.2) is 33.2 Å². The zero-order valence-corrected chi connectivity index (χ0v) is 21.9. The molecule has 35 heavy (non-hydrogen) atoms. The minimum Gasteiger partial charge on any atom is -0.478 e. The van der Waals surface area contributed by atoms with Crippen molar-refractivity contribution in [3.63, 3.8) is 0 Å². The molecule has 0 aliphatic rings. The van der Waals surface area contributed by atoms with E-state index in [0.29, 0.717) is 24.0 Å². The highest BCUT2D eigenvalue weighted by atomic mass is 16.4. The van der Waals surface area contributed by atoms with Crippen LogP contribution in [0.1, 0.15) is 159 Å². The van der Waals surface area contributed by atoms with E-state index in [1.165, 1.54) is 63.9 Å². The van der Waals surface area contributed by atoms with Gasteiger partial charge >= 0.3 is 17.9 Å². The van der Waals surface area contributed by atoms with Gasteiger partial charge in [-0.15, -0.1) is 0 Å². The first-order valence-electron chi connectivity index (χ1n) is 13.7. The molecular formula is C29H46O6. The zero-order chi connectivity index (χ0) is 26.1. The topological polar surface area (TPSA) is 112 Å². The van der Waals surface area contributed by atoms with Gasteiger partial charge in [0.1, 0.15) is 0 Å². The van der Waals surface area contributed by atoms with Crippen LogP contribution in [0.2, 0.25) is 0 Å². The van der Waals surface area contributed by atoms with Gasteiger partial charge in [0, 0.05) is 0 Å². The van der Waals surface area contributed by atoms with E-state index in [1.54, 1.807) is 0 Å². The highest BCUT2D eigenvalue weighted by molar-refractivity contribution is 6.10. The molecule has 3 N–H and O–H groups in total. The molecule has 0 heterocycles. The van der Waals surface area contributed by atoms with Crippen LogP contribution in [0.5, 0.6) is 0 Å². The number of carboxylic acids is 3. The molecule has 1 rings (SSSR count). The summed E-state index contributed by atoms with van der Waals surface area (Å²) in [4.78, 5) is 35.9. The molecule has 0 saturated heterocycles. The van der Waals surface area contributed by atoms with E-state index >= 15 is 0 Å². The number of benzene rings is 1. The highest BCUT2D eigenvalue weighted by Gasteiger charge is 2.29. The van der Waals surface area contributed by atoms with E-state index in [-0.39, 0.29) is 5.56 Å². The number of carboxylic acid groups (broad SMARTS) is 3. The number of aryl methyl sites for hydroxylation is 1. The molecule has 0 bridgehead atoms. The molecule has 0 unspecified atom stereocenters. The molecular weight excluding hydrogens is 444 g/mol. The Morgan fingerprint density at radius 1 is 0.543 bits per heavy atom. The molecule has 0 fully saturated rings. The minimum absolute atomic E-state index is 0.338. The molecule has 1 aromatic carbocycles. The van der Waals surface area contributed by atoms with Gasteiger partial charge in [0.2, 0.25) is 0 Å². The lowest BCUT2D eigenvalue weighted by Crippen LogP contribution is -2.19. The van der Waals surface area contributed by atoms with Crippen molar-refractivity contribution in [2.75, 3.05) is 0 Å². The summed E-state index contributed by atoms with van der Waals surface area (Å²) in [6, 6.07) is 1.42. The van der Waals surface area contributed by atoms with Crippen LogP contribution in [0.4, 0.5) is 0 Å². The maximum absolute atomic E-state index is 12.2. The predicted octanol–water partition coefficient (Wildman–Crippen LogP) is 8.15. The van der Waals surface area contributed by atoms with Gasteiger partial charge in [0.05, 0.1) is 16.7 Å². The summed E-state index contributed by atoms with van der Waals surface area (Å²) in [6.45, 7) is 4.38. The quantitative estimate of drug-likeness (QED) is 0.150. The summed E-state index contributed by atoms with van der Waals surface area (Å²) in [5.41, 5.74) is -0.175. The first-order chi connectivity index (χ1) is 16.8. The van der Waals surface area contributed by atoms with Crippen LogP contribution in [0.3, 0.4) is 0 Å². The van der Waals surface area contributed by atoms with Gasteiger partial charge in [-0.05, 0) is 42.9 Å². The van der Waals surface area contributed by atoms with Gasteiger partial charge in [-0.2, -0.15) is 0 Å². The largest absolute Gasteiger partial charge is 0.478 e. The van der Waals surface area contributed by atoms with E-state index in [0.717, 1.165) is 44.9 Å². The number of unbranched alkanes of at least 4 members (excludes halogenated alkanes) is 14. The Morgan fingerprint density at radius 2 is 0.943 bits per heavy atom. The number of rotatable bonds is 21. The van der Waals surface area contributed by atoms with Crippen molar-refractivity contribution in [2.45, 2.75) is 129 Å². The Labute approximate surface area is 211 Å². The fraction of sp³-hybridized carbons (Fsp3) is 0.690. The average Bonchev–Trinajstić information content (AvgIpc) is 2.81. The second-order valence-corrected chi connectivity index (χ2v) is 9.68. The lowest BCUT2D eigenvalue weighted by molar-refractivity contribution is 0.0632. The molecule has 6 heteroatoms. The summed E-state index contributed by atoms with van der Waals surface area (Å²) >= 11 is 0. The van der Waals surface area contributed by atoms with Crippen molar-refractivity contribution in [2.24, 2.45) is 0 Å². The number of carbonyl (C=O) groups is 3. The summed E-state index contributed by atoms with van der Waals surface area (Å²) in [5.74, 6) is -4.27. The molecule has 198 valence electrons. The molecule has 1 aromatic rings. The Hall–Kier alpha value is -2.37. The van der Waals surface area contributed by atoms with Gasteiger partial charge in [-0.1, -0.05) is 104 Å². The van der Waals surface area contributed by atoms with Crippen LogP contribution in [0.25, 0.3) is 0 Å². The second kappa shape index (κ2) is 18.0. The highest BCUT2D eigenvalue weighted by Crippen LogP contribution is 2.28. The molecule has 0 aliphatic carbocycles. The predicted molar refractivity (Wildman–Crippen MR) is 140 cm³/mol. The van der Waals surface area contributed by atoms with Crippen LogP contribution in [0.15, 0.2) is 6.07 Å². The van der Waals surface area contributed by atoms with Crippen LogP contribution in [-0.2, 0) is 12.8 Å². The van der Waals surface area contributed by atoms with E-state index in [4.69, 9.17) is 0 Å². The zero-order valence-electron chi connectivity index (χ0n) is 21.9. The van der Waals surface area contributed by atoms with E-state index in [1.807, 2.05) is 0 Å². The van der Waals surface area contributed by atoms with Gasteiger partial charge in [0.15, 0.2) is 0 Å². The van der Waals surface area contributed by atoms with Gasteiger partial charge in [-0.3, -0.25) is 0 Å². The smallest absolute Gasteiger partial charge is 0.337 e. The first-order valence-corrected chi connectivity index (χ1v) is 13.7. The third-order valence-corrected chi connectivity index (χ3v) is 6.77. The van der Waals surface area contributed by atoms with Crippen LogP contribution < -0.4 is 0 Å². The van der Waals surface area contributed by atoms with Crippen molar-refractivity contribution in [3.8, 4) is 0 Å². The Kier molecular flexibility index (Phi) is 15.7. The molecule has 0 amide bonds. The molecule has 0 saturated carbocycles. The lowest BCUT2D eigenvalue weighted by Gasteiger charge is -2.17. The average molecular weight is 491 g/mol. The third kappa shape index (κ3) is 11.3. The van der Waals surface area contributed by atoms with E-state index in [9.17, 15) is 29.7 Å². The molecule has 0 atom stereocenters. The molecule has 0 aliphatic heterocycles. The van der Waals surface area contributed by atoms with Crippen LogP contribution >= 0.6 is 0 Å². The Morgan fingerprint density at radius 3 is 1.34 bits per heavy atom. The van der Waals surface area contributed by atoms with Gasteiger partial charge in [0.25, 0.3) is 0 Å². The van der Waals surface area contributed by atoms with Gasteiger partial charge in [-0.25, -0.2) is 14.4 Å². The van der Waals surface area contributed by atoms with Crippen molar-refractivity contribution in [1.29, 1.82) is 0 Å². The van der Waals surface area contributed by atoms with E-state index < -0.39 is 29.0 Å². The summed E-state index contributed by atoms with van der Waals surface area (Å²) < 4.78 is 0. The van der Waals surface area contributed by atoms with Gasteiger partial charge < -0.3 is 15.3 Å². The molecule has 0 radical (unpaired) electrons. The normalized spacial score (nSPS) is 11.0. The summed E-state index contributed by atoms with van der Waals surface area (Å²) in [6.07, 6.45) is 18.9. The maximum atomic E-state index is 12.2. The molecule has 6 nitrogen and oxygen atoms in total. The number of hydrogen-bond donors (Lipinski definition) is 3.